The van der Waals surface area contributed by atoms with Gasteiger partial charge in [0.25, 0.3) is 0 Å². The Hall–Kier alpha value is -1.36. The van der Waals surface area contributed by atoms with Crippen molar-refractivity contribution in [2.24, 2.45) is 0 Å². The number of rotatable bonds is 3. The van der Waals surface area contributed by atoms with Crippen LogP contribution in [0, 0.1) is 6.92 Å². The summed E-state index contributed by atoms with van der Waals surface area (Å²) in [5, 5.41) is 3.52. The molecule has 1 aliphatic rings. The van der Waals surface area contributed by atoms with E-state index < -0.39 is 0 Å². The van der Waals surface area contributed by atoms with Crippen molar-refractivity contribution in [2.75, 3.05) is 26.0 Å². The smallest absolute Gasteiger partial charge is 0.221 e. The lowest BCUT2D eigenvalue weighted by molar-refractivity contribution is 0.190. The van der Waals surface area contributed by atoms with E-state index in [2.05, 4.69) is 34.2 Å². The Bertz CT molecular complexity index is 410. The SMILES string of the molecule is COc1ncnc(NC2CCN(C)C(C)C2)c1C. The second-order valence-electron chi connectivity index (χ2n) is 5.05. The lowest BCUT2D eigenvalue weighted by Crippen LogP contribution is -2.42. The molecule has 1 N–H and O–H groups in total. The summed E-state index contributed by atoms with van der Waals surface area (Å²) in [6.45, 7) is 5.38. The first-order valence-electron chi connectivity index (χ1n) is 6.44. The summed E-state index contributed by atoms with van der Waals surface area (Å²) in [4.78, 5) is 10.8. The maximum absolute atomic E-state index is 5.21. The van der Waals surface area contributed by atoms with Crippen LogP contribution in [0.1, 0.15) is 25.3 Å². The number of piperidine rings is 1. The number of nitrogens with zero attached hydrogens (tertiary/aromatic N) is 3. The van der Waals surface area contributed by atoms with Gasteiger partial charge in [-0.05, 0) is 33.7 Å². The molecule has 2 atom stereocenters. The number of aromatic nitrogens is 2. The fourth-order valence-corrected chi connectivity index (χ4v) is 2.40. The van der Waals surface area contributed by atoms with Crippen LogP contribution in [0.25, 0.3) is 0 Å². The Kier molecular flexibility index (Phi) is 4.01. The molecule has 0 saturated carbocycles. The lowest BCUT2D eigenvalue weighted by atomic mass is 9.99. The molecule has 100 valence electrons. The summed E-state index contributed by atoms with van der Waals surface area (Å²) >= 11 is 0. The molecule has 2 heterocycles. The predicted molar refractivity (Wildman–Crippen MR) is 72.1 cm³/mol. The Morgan fingerprint density at radius 3 is 2.89 bits per heavy atom. The van der Waals surface area contributed by atoms with Crippen LogP contribution < -0.4 is 10.1 Å². The van der Waals surface area contributed by atoms with Crippen molar-refractivity contribution < 1.29 is 4.74 Å². The Morgan fingerprint density at radius 2 is 2.22 bits per heavy atom. The molecule has 1 saturated heterocycles. The molecule has 1 fully saturated rings. The van der Waals surface area contributed by atoms with E-state index in [0.29, 0.717) is 18.0 Å². The summed E-state index contributed by atoms with van der Waals surface area (Å²) in [5.74, 6) is 1.54. The zero-order chi connectivity index (χ0) is 13.1. The average molecular weight is 250 g/mol. The Labute approximate surface area is 109 Å². The molecule has 18 heavy (non-hydrogen) atoms. The number of methoxy groups -OCH3 is 1. The average Bonchev–Trinajstić information content (AvgIpc) is 2.36. The van der Waals surface area contributed by atoms with Crippen molar-refractivity contribution in [1.29, 1.82) is 0 Å². The minimum Gasteiger partial charge on any atom is -0.481 e. The first-order chi connectivity index (χ1) is 8.61. The van der Waals surface area contributed by atoms with Crippen molar-refractivity contribution in [3.8, 4) is 5.88 Å². The molecule has 5 nitrogen and oxygen atoms in total. The van der Waals surface area contributed by atoms with Gasteiger partial charge < -0.3 is 15.0 Å². The maximum Gasteiger partial charge on any atom is 0.221 e. The first-order valence-corrected chi connectivity index (χ1v) is 6.44. The molecule has 0 aliphatic carbocycles. The number of ether oxygens (including phenoxy) is 1. The molecular formula is C13H22N4O. The summed E-state index contributed by atoms with van der Waals surface area (Å²) in [5.41, 5.74) is 0.978. The Balaban J connectivity index is 2.06. The molecular weight excluding hydrogens is 228 g/mol. The first kappa shape index (κ1) is 13.1. The van der Waals surface area contributed by atoms with Crippen LogP contribution in [0.3, 0.4) is 0 Å². The summed E-state index contributed by atoms with van der Waals surface area (Å²) in [7, 11) is 3.82. The summed E-state index contributed by atoms with van der Waals surface area (Å²) in [6, 6.07) is 1.09. The second kappa shape index (κ2) is 5.52. The largest absolute Gasteiger partial charge is 0.481 e. The fraction of sp³-hybridized carbons (Fsp3) is 0.692. The lowest BCUT2D eigenvalue weighted by Gasteiger charge is -2.35. The summed E-state index contributed by atoms with van der Waals surface area (Å²) < 4.78 is 5.21. The van der Waals surface area contributed by atoms with E-state index >= 15 is 0 Å². The molecule has 0 radical (unpaired) electrons. The van der Waals surface area contributed by atoms with Gasteiger partial charge in [0.1, 0.15) is 12.1 Å². The van der Waals surface area contributed by atoms with Gasteiger partial charge >= 0.3 is 0 Å². The normalized spacial score (nSPS) is 24.9. The molecule has 0 aromatic carbocycles. The monoisotopic (exact) mass is 250 g/mol. The summed E-state index contributed by atoms with van der Waals surface area (Å²) in [6.07, 6.45) is 3.83. The van der Waals surface area contributed by atoms with E-state index in [1.54, 1.807) is 13.4 Å². The molecule has 1 aliphatic heterocycles. The van der Waals surface area contributed by atoms with Crippen molar-refractivity contribution in [3.05, 3.63) is 11.9 Å². The standard InChI is InChI=1S/C13H22N4O/c1-9-7-11(5-6-17(9)3)16-12-10(2)13(18-4)15-8-14-12/h8-9,11H,5-7H2,1-4H3,(H,14,15,16). The molecule has 2 unspecified atom stereocenters. The molecule has 5 heteroatoms. The van der Waals surface area contributed by atoms with Gasteiger partial charge in [-0.1, -0.05) is 0 Å². The van der Waals surface area contributed by atoms with Gasteiger partial charge in [-0.25, -0.2) is 9.97 Å². The highest BCUT2D eigenvalue weighted by atomic mass is 16.5. The third-order valence-corrected chi connectivity index (χ3v) is 3.78. The van der Waals surface area contributed by atoms with Crippen LogP contribution in [-0.4, -0.2) is 47.7 Å². The minimum absolute atomic E-state index is 0.481. The van der Waals surface area contributed by atoms with E-state index in [1.165, 1.54) is 0 Å². The number of likely N-dealkylation sites (tertiary alicyclic amines) is 1. The van der Waals surface area contributed by atoms with E-state index in [1.807, 2.05) is 6.92 Å². The highest BCUT2D eigenvalue weighted by Gasteiger charge is 2.23. The molecule has 2 rings (SSSR count). The van der Waals surface area contributed by atoms with Crippen molar-refractivity contribution in [3.63, 3.8) is 0 Å². The molecule has 1 aromatic heterocycles. The van der Waals surface area contributed by atoms with Crippen LogP contribution in [0.4, 0.5) is 5.82 Å². The second-order valence-corrected chi connectivity index (χ2v) is 5.05. The van der Waals surface area contributed by atoms with Crippen molar-refractivity contribution >= 4 is 5.82 Å². The number of hydrogen-bond acceptors (Lipinski definition) is 5. The predicted octanol–water partition coefficient (Wildman–Crippen LogP) is 1.69. The maximum atomic E-state index is 5.21. The quantitative estimate of drug-likeness (QED) is 0.884. The Morgan fingerprint density at radius 1 is 1.44 bits per heavy atom. The fourth-order valence-electron chi connectivity index (χ4n) is 2.40. The number of anilines is 1. The van der Waals surface area contributed by atoms with Crippen LogP contribution in [-0.2, 0) is 0 Å². The minimum atomic E-state index is 0.481. The van der Waals surface area contributed by atoms with E-state index in [4.69, 9.17) is 4.74 Å². The molecule has 1 aromatic rings. The van der Waals surface area contributed by atoms with Gasteiger partial charge in [-0.3, -0.25) is 0 Å². The van der Waals surface area contributed by atoms with Gasteiger partial charge in [-0.15, -0.1) is 0 Å². The molecule has 0 spiro atoms. The van der Waals surface area contributed by atoms with E-state index in [9.17, 15) is 0 Å². The third kappa shape index (κ3) is 2.72. The molecule has 0 bridgehead atoms. The topological polar surface area (TPSA) is 50.3 Å². The molecule has 0 amide bonds. The highest BCUT2D eigenvalue weighted by Crippen LogP contribution is 2.24. The van der Waals surface area contributed by atoms with Gasteiger partial charge in [0.05, 0.1) is 12.7 Å². The van der Waals surface area contributed by atoms with Crippen LogP contribution >= 0.6 is 0 Å². The van der Waals surface area contributed by atoms with Crippen LogP contribution in [0.2, 0.25) is 0 Å². The highest BCUT2D eigenvalue weighted by molar-refractivity contribution is 5.48. The van der Waals surface area contributed by atoms with E-state index in [0.717, 1.165) is 30.8 Å². The third-order valence-electron chi connectivity index (χ3n) is 3.78. The number of hydrogen-bond donors (Lipinski definition) is 1. The zero-order valence-electron chi connectivity index (χ0n) is 11.6. The van der Waals surface area contributed by atoms with Gasteiger partial charge in [0.15, 0.2) is 0 Å². The number of nitrogens with one attached hydrogen (secondary N) is 1. The zero-order valence-corrected chi connectivity index (χ0v) is 11.6. The van der Waals surface area contributed by atoms with Gasteiger partial charge in [0, 0.05) is 18.6 Å². The van der Waals surface area contributed by atoms with Crippen molar-refractivity contribution in [1.82, 2.24) is 14.9 Å². The van der Waals surface area contributed by atoms with Crippen LogP contribution in [0.5, 0.6) is 5.88 Å². The van der Waals surface area contributed by atoms with Gasteiger partial charge in [-0.2, -0.15) is 0 Å². The van der Waals surface area contributed by atoms with Gasteiger partial charge in [0.2, 0.25) is 5.88 Å². The van der Waals surface area contributed by atoms with Crippen molar-refractivity contribution in [2.45, 2.75) is 38.8 Å². The van der Waals surface area contributed by atoms with E-state index in [-0.39, 0.29) is 0 Å². The van der Waals surface area contributed by atoms with Crippen LogP contribution in [0.15, 0.2) is 6.33 Å².